The van der Waals surface area contributed by atoms with Crippen molar-refractivity contribution in [2.45, 2.75) is 45.3 Å². The van der Waals surface area contributed by atoms with E-state index < -0.39 is 11.6 Å². The fraction of sp³-hybridized carbons (Fsp3) is 0.286. The Bertz CT molecular complexity index is 1200. The normalized spacial score (nSPS) is 12.1. The van der Waals surface area contributed by atoms with Crippen LogP contribution in [0.3, 0.4) is 0 Å². The summed E-state index contributed by atoms with van der Waals surface area (Å²) in [6.45, 7) is 5.58. The van der Waals surface area contributed by atoms with Gasteiger partial charge in [-0.3, -0.25) is 9.59 Å². The van der Waals surface area contributed by atoms with Gasteiger partial charge in [0.05, 0.1) is 10.0 Å². The molecule has 5 nitrogen and oxygen atoms in total. The second-order valence-corrected chi connectivity index (χ2v) is 10.7. The maximum absolute atomic E-state index is 13.6. The van der Waals surface area contributed by atoms with Gasteiger partial charge >= 0.3 is 0 Å². The zero-order chi connectivity index (χ0) is 26.3. The van der Waals surface area contributed by atoms with Crippen molar-refractivity contribution in [3.8, 4) is 5.75 Å². The quantitative estimate of drug-likeness (QED) is 0.329. The van der Waals surface area contributed by atoms with Gasteiger partial charge in [-0.1, -0.05) is 77.3 Å². The third-order valence-corrected chi connectivity index (χ3v) is 6.24. The number of nitrogens with one attached hydrogen (secondary N) is 1. The second-order valence-electron chi connectivity index (χ2n) is 9.46. The van der Waals surface area contributed by atoms with E-state index in [1.54, 1.807) is 42.5 Å². The first-order valence-corrected chi connectivity index (χ1v) is 12.6. The van der Waals surface area contributed by atoms with E-state index in [2.05, 4.69) is 5.32 Å². The minimum absolute atomic E-state index is 0.143. The topological polar surface area (TPSA) is 58.6 Å². The molecule has 3 aromatic carbocycles. The SMILES string of the molecule is CC(C)(C)NC(=O)[C@@H](Cc1ccccc1)N(Cc1ccc(Cl)c(Cl)c1)C(=O)COc1cccc(Cl)c1. The van der Waals surface area contributed by atoms with Gasteiger partial charge in [-0.15, -0.1) is 0 Å². The summed E-state index contributed by atoms with van der Waals surface area (Å²) in [5.74, 6) is -0.155. The molecule has 3 rings (SSSR count). The van der Waals surface area contributed by atoms with E-state index >= 15 is 0 Å². The first-order chi connectivity index (χ1) is 17.0. The molecule has 3 aromatic rings. The summed E-state index contributed by atoms with van der Waals surface area (Å²) >= 11 is 18.4. The molecule has 2 amide bonds. The van der Waals surface area contributed by atoms with Crippen molar-refractivity contribution in [1.82, 2.24) is 10.2 Å². The highest BCUT2D eigenvalue weighted by Crippen LogP contribution is 2.25. The number of ether oxygens (including phenoxy) is 1. The molecule has 0 aromatic heterocycles. The summed E-state index contributed by atoms with van der Waals surface area (Å²) in [5.41, 5.74) is 1.18. The van der Waals surface area contributed by atoms with Crippen molar-refractivity contribution in [3.63, 3.8) is 0 Å². The van der Waals surface area contributed by atoms with Crippen molar-refractivity contribution in [3.05, 3.63) is 99.0 Å². The molecule has 0 aliphatic carbocycles. The van der Waals surface area contributed by atoms with Crippen molar-refractivity contribution in [2.75, 3.05) is 6.61 Å². The van der Waals surface area contributed by atoms with E-state index in [1.807, 2.05) is 51.1 Å². The van der Waals surface area contributed by atoms with Crippen LogP contribution in [0.5, 0.6) is 5.75 Å². The van der Waals surface area contributed by atoms with Crippen LogP contribution < -0.4 is 10.1 Å². The van der Waals surface area contributed by atoms with Gasteiger partial charge in [-0.25, -0.2) is 0 Å². The smallest absolute Gasteiger partial charge is 0.261 e. The molecule has 36 heavy (non-hydrogen) atoms. The lowest BCUT2D eigenvalue weighted by Gasteiger charge is -2.33. The van der Waals surface area contributed by atoms with Crippen molar-refractivity contribution in [1.29, 1.82) is 0 Å². The molecule has 0 aliphatic heterocycles. The molecular weight excluding hydrogens is 519 g/mol. The number of nitrogens with zero attached hydrogens (tertiary/aromatic N) is 1. The van der Waals surface area contributed by atoms with Gasteiger partial charge < -0.3 is 15.0 Å². The molecule has 190 valence electrons. The number of hydrogen-bond acceptors (Lipinski definition) is 3. The van der Waals surface area contributed by atoms with Gasteiger partial charge in [0, 0.05) is 23.5 Å². The number of carbonyl (C=O) groups is 2. The number of halogens is 3. The molecular formula is C28H29Cl3N2O3. The number of amides is 2. The van der Waals surface area contributed by atoms with E-state index in [0.717, 1.165) is 11.1 Å². The molecule has 0 radical (unpaired) electrons. The summed E-state index contributed by atoms with van der Waals surface area (Å²) in [6, 6.07) is 20.8. The lowest BCUT2D eigenvalue weighted by atomic mass is 10.0. The number of rotatable bonds is 9. The average Bonchev–Trinajstić information content (AvgIpc) is 2.81. The Morgan fingerprint density at radius 3 is 2.25 bits per heavy atom. The Hall–Kier alpha value is -2.73. The molecule has 0 unspecified atom stereocenters. The van der Waals surface area contributed by atoms with E-state index in [9.17, 15) is 9.59 Å². The lowest BCUT2D eigenvalue weighted by molar-refractivity contribution is -0.143. The number of hydrogen-bond donors (Lipinski definition) is 1. The standard InChI is InChI=1S/C28H29Cl3N2O3/c1-28(2,3)32-27(35)25(15-19-8-5-4-6-9-19)33(17-20-12-13-23(30)24(31)14-20)26(34)18-36-22-11-7-10-21(29)16-22/h4-14,16,25H,15,17-18H2,1-3H3,(H,32,35)/t25-/m1/s1. The minimum Gasteiger partial charge on any atom is -0.484 e. The third-order valence-electron chi connectivity index (χ3n) is 5.26. The van der Waals surface area contributed by atoms with Gasteiger partial charge in [0.1, 0.15) is 11.8 Å². The van der Waals surface area contributed by atoms with Gasteiger partial charge in [-0.2, -0.15) is 0 Å². The van der Waals surface area contributed by atoms with Gasteiger partial charge in [0.25, 0.3) is 5.91 Å². The highest BCUT2D eigenvalue weighted by atomic mass is 35.5. The van der Waals surface area contributed by atoms with Crippen LogP contribution in [-0.2, 0) is 22.6 Å². The van der Waals surface area contributed by atoms with E-state index in [1.165, 1.54) is 4.90 Å². The monoisotopic (exact) mass is 546 g/mol. The number of carbonyl (C=O) groups excluding carboxylic acids is 2. The molecule has 0 saturated carbocycles. The maximum atomic E-state index is 13.6. The summed E-state index contributed by atoms with van der Waals surface area (Å²) in [7, 11) is 0. The summed E-state index contributed by atoms with van der Waals surface area (Å²) in [4.78, 5) is 28.6. The second kappa shape index (κ2) is 12.5. The Kier molecular flexibility index (Phi) is 9.66. The lowest BCUT2D eigenvalue weighted by Crippen LogP contribution is -2.55. The Balaban J connectivity index is 1.95. The molecule has 0 bridgehead atoms. The van der Waals surface area contributed by atoms with E-state index in [0.29, 0.717) is 27.2 Å². The van der Waals surface area contributed by atoms with Crippen LogP contribution in [0.1, 0.15) is 31.9 Å². The Morgan fingerprint density at radius 1 is 0.889 bits per heavy atom. The molecule has 0 fully saturated rings. The molecule has 0 saturated heterocycles. The van der Waals surface area contributed by atoms with Crippen LogP contribution in [0.4, 0.5) is 0 Å². The molecule has 0 spiro atoms. The fourth-order valence-electron chi connectivity index (χ4n) is 3.63. The van der Waals surface area contributed by atoms with Crippen molar-refractivity contribution in [2.24, 2.45) is 0 Å². The van der Waals surface area contributed by atoms with Gasteiger partial charge in [0.15, 0.2) is 6.61 Å². The molecule has 0 heterocycles. The predicted octanol–water partition coefficient (Wildman–Crippen LogP) is 6.58. The third kappa shape index (κ3) is 8.44. The summed E-state index contributed by atoms with van der Waals surface area (Å²) < 4.78 is 5.74. The average molecular weight is 548 g/mol. The zero-order valence-corrected chi connectivity index (χ0v) is 22.7. The van der Waals surface area contributed by atoms with Crippen LogP contribution in [0.2, 0.25) is 15.1 Å². The van der Waals surface area contributed by atoms with Crippen molar-refractivity contribution < 1.29 is 14.3 Å². The van der Waals surface area contributed by atoms with Crippen molar-refractivity contribution >= 4 is 46.6 Å². The Morgan fingerprint density at radius 2 is 1.61 bits per heavy atom. The van der Waals surface area contributed by atoms with Gasteiger partial charge in [0.2, 0.25) is 5.91 Å². The van der Waals surface area contributed by atoms with Crippen LogP contribution in [0.25, 0.3) is 0 Å². The van der Waals surface area contributed by atoms with Gasteiger partial charge in [-0.05, 0) is 62.2 Å². The highest BCUT2D eigenvalue weighted by Gasteiger charge is 2.32. The Labute approximate surface area is 227 Å². The summed E-state index contributed by atoms with van der Waals surface area (Å²) in [5, 5.41) is 4.31. The van der Waals surface area contributed by atoms with E-state index in [-0.39, 0.29) is 25.0 Å². The first kappa shape index (κ1) is 27.9. The molecule has 0 aliphatic rings. The van der Waals surface area contributed by atoms with Crippen LogP contribution in [-0.4, -0.2) is 34.9 Å². The maximum Gasteiger partial charge on any atom is 0.261 e. The largest absolute Gasteiger partial charge is 0.484 e. The fourth-order valence-corrected chi connectivity index (χ4v) is 4.13. The molecule has 1 N–H and O–H groups in total. The molecule has 8 heteroatoms. The van der Waals surface area contributed by atoms with Crippen LogP contribution in [0.15, 0.2) is 72.8 Å². The molecule has 1 atom stereocenters. The summed E-state index contributed by atoms with van der Waals surface area (Å²) in [6.07, 6.45) is 0.326. The first-order valence-electron chi connectivity index (χ1n) is 11.5. The minimum atomic E-state index is -0.795. The van der Waals surface area contributed by atoms with Crippen LogP contribution >= 0.6 is 34.8 Å². The number of benzene rings is 3. The predicted molar refractivity (Wildman–Crippen MR) is 146 cm³/mol. The highest BCUT2D eigenvalue weighted by molar-refractivity contribution is 6.42. The zero-order valence-electron chi connectivity index (χ0n) is 20.4. The van der Waals surface area contributed by atoms with Crippen LogP contribution in [0, 0.1) is 0 Å². The van der Waals surface area contributed by atoms with E-state index in [4.69, 9.17) is 39.5 Å².